The molecule has 2 aromatic heterocycles. The highest BCUT2D eigenvalue weighted by Gasteiger charge is 2.07. The number of hydrogen-bond donors (Lipinski definition) is 2. The molecule has 0 saturated heterocycles. The number of aryl methyl sites for hydroxylation is 2. The Labute approximate surface area is 171 Å². The van der Waals surface area contributed by atoms with Gasteiger partial charge in [0.25, 0.3) is 0 Å². The zero-order valence-electron chi connectivity index (χ0n) is 15.5. The summed E-state index contributed by atoms with van der Waals surface area (Å²) in [5, 5.41) is 9.90. The summed E-state index contributed by atoms with van der Waals surface area (Å²) in [5.41, 5.74) is 2.05. The Morgan fingerprint density at radius 2 is 2.04 bits per heavy atom. The molecule has 2 aromatic rings. The molecule has 0 atom stereocenters. The van der Waals surface area contributed by atoms with E-state index in [4.69, 9.17) is 4.42 Å². The molecule has 0 spiro atoms. The van der Waals surface area contributed by atoms with Gasteiger partial charge in [-0.15, -0.1) is 35.3 Å². The molecule has 0 bridgehead atoms. The zero-order valence-corrected chi connectivity index (χ0v) is 18.7. The molecule has 0 fully saturated rings. The number of thiazole rings is 1. The number of guanidine groups is 1. The molecule has 0 unspecified atom stereocenters. The first-order valence-electron chi connectivity index (χ1n) is 8.39. The maximum atomic E-state index is 5.56. The van der Waals surface area contributed by atoms with Crippen LogP contribution in [-0.2, 0) is 13.0 Å². The van der Waals surface area contributed by atoms with E-state index in [1.54, 1.807) is 11.3 Å². The Balaban J connectivity index is 0.00000312. The lowest BCUT2D eigenvalue weighted by atomic mass is 10.2. The van der Waals surface area contributed by atoms with Crippen LogP contribution in [0.2, 0.25) is 0 Å². The molecule has 0 radical (unpaired) electrons. The Hall–Kier alpha value is -1.16. The highest BCUT2D eigenvalue weighted by Crippen LogP contribution is 2.19. The van der Waals surface area contributed by atoms with E-state index in [2.05, 4.69) is 44.8 Å². The fourth-order valence-electron chi connectivity index (χ4n) is 2.11. The minimum atomic E-state index is 0. The number of oxazole rings is 1. The molecule has 0 aliphatic carbocycles. The lowest BCUT2D eigenvalue weighted by Crippen LogP contribution is -2.38. The average Bonchev–Trinajstić information content (AvgIpc) is 3.12. The fraction of sp³-hybridized carbons (Fsp3) is 0.588. The van der Waals surface area contributed by atoms with Gasteiger partial charge < -0.3 is 15.1 Å². The number of aromatic nitrogens is 2. The maximum Gasteiger partial charge on any atom is 0.216 e. The highest BCUT2D eigenvalue weighted by atomic mass is 127. The lowest BCUT2D eigenvalue weighted by Gasteiger charge is -2.10. The summed E-state index contributed by atoms with van der Waals surface area (Å²) < 4.78 is 5.56. The summed E-state index contributed by atoms with van der Waals surface area (Å²) >= 11 is 1.73. The van der Waals surface area contributed by atoms with E-state index in [1.807, 2.05) is 20.8 Å². The van der Waals surface area contributed by atoms with Crippen LogP contribution in [0, 0.1) is 13.8 Å². The van der Waals surface area contributed by atoms with Crippen molar-refractivity contribution in [3.05, 3.63) is 33.4 Å². The van der Waals surface area contributed by atoms with E-state index in [-0.39, 0.29) is 24.0 Å². The summed E-state index contributed by atoms with van der Waals surface area (Å²) in [6, 6.07) is 0. The first-order chi connectivity index (χ1) is 11.5. The van der Waals surface area contributed by atoms with Crippen LogP contribution in [0.1, 0.15) is 54.7 Å². The van der Waals surface area contributed by atoms with Crippen LogP contribution in [0.4, 0.5) is 0 Å². The molecular weight excluding hydrogens is 449 g/mol. The first-order valence-corrected chi connectivity index (χ1v) is 9.27. The number of nitrogens with one attached hydrogen (secondary N) is 2. The van der Waals surface area contributed by atoms with E-state index < -0.39 is 0 Å². The Bertz CT molecular complexity index is 661. The molecule has 0 aromatic carbocycles. The Kier molecular flexibility index (Phi) is 9.41. The molecule has 8 heteroatoms. The van der Waals surface area contributed by atoms with E-state index >= 15 is 0 Å². The first kappa shape index (κ1) is 21.9. The van der Waals surface area contributed by atoms with Crippen LogP contribution in [0.3, 0.4) is 0 Å². The molecular formula is C17H28IN5OS. The van der Waals surface area contributed by atoms with Gasteiger partial charge in [-0.2, -0.15) is 0 Å². The summed E-state index contributed by atoms with van der Waals surface area (Å²) in [6.07, 6.45) is 0.880. The summed E-state index contributed by atoms with van der Waals surface area (Å²) in [7, 11) is 0. The van der Waals surface area contributed by atoms with Crippen molar-refractivity contribution in [3.63, 3.8) is 0 Å². The molecule has 2 heterocycles. The molecule has 0 aliphatic rings. The molecule has 0 saturated carbocycles. The predicted molar refractivity (Wildman–Crippen MR) is 114 cm³/mol. The highest BCUT2D eigenvalue weighted by molar-refractivity contribution is 14.0. The third-order valence-corrected chi connectivity index (χ3v) is 4.72. The summed E-state index contributed by atoms with van der Waals surface area (Å²) in [4.78, 5) is 13.5. The number of halogens is 1. The van der Waals surface area contributed by atoms with Crippen molar-refractivity contribution in [2.45, 2.75) is 53.5 Å². The van der Waals surface area contributed by atoms with E-state index in [0.29, 0.717) is 18.4 Å². The van der Waals surface area contributed by atoms with Crippen molar-refractivity contribution < 1.29 is 4.42 Å². The SMILES string of the molecule is CCNC(=NCc1nc(C)c(C)o1)NCCc1csc(C(C)C)n1.I. The third kappa shape index (κ3) is 6.93. The number of hydrogen-bond acceptors (Lipinski definition) is 5. The van der Waals surface area contributed by atoms with Gasteiger partial charge in [-0.25, -0.2) is 15.0 Å². The van der Waals surface area contributed by atoms with E-state index in [0.717, 1.165) is 42.6 Å². The van der Waals surface area contributed by atoms with Gasteiger partial charge in [-0.1, -0.05) is 13.8 Å². The molecule has 0 amide bonds. The second-order valence-electron chi connectivity index (χ2n) is 5.95. The predicted octanol–water partition coefficient (Wildman–Crippen LogP) is 3.79. The third-order valence-electron chi connectivity index (χ3n) is 3.53. The smallest absolute Gasteiger partial charge is 0.216 e. The van der Waals surface area contributed by atoms with Crippen molar-refractivity contribution in [1.82, 2.24) is 20.6 Å². The molecule has 140 valence electrons. The minimum absolute atomic E-state index is 0. The van der Waals surface area contributed by atoms with Gasteiger partial charge in [0.15, 0.2) is 5.96 Å². The quantitative estimate of drug-likeness (QED) is 0.361. The van der Waals surface area contributed by atoms with Gasteiger partial charge >= 0.3 is 0 Å². The Morgan fingerprint density at radius 1 is 1.28 bits per heavy atom. The fourth-order valence-corrected chi connectivity index (χ4v) is 2.98. The van der Waals surface area contributed by atoms with Crippen LogP contribution in [0.15, 0.2) is 14.8 Å². The maximum absolute atomic E-state index is 5.56. The average molecular weight is 477 g/mol. The van der Waals surface area contributed by atoms with Crippen LogP contribution < -0.4 is 10.6 Å². The molecule has 25 heavy (non-hydrogen) atoms. The second-order valence-corrected chi connectivity index (χ2v) is 6.84. The van der Waals surface area contributed by atoms with Crippen LogP contribution >= 0.6 is 35.3 Å². The van der Waals surface area contributed by atoms with E-state index in [9.17, 15) is 0 Å². The van der Waals surface area contributed by atoms with Crippen molar-refractivity contribution in [3.8, 4) is 0 Å². The van der Waals surface area contributed by atoms with Gasteiger partial charge in [0.05, 0.1) is 16.4 Å². The zero-order chi connectivity index (χ0) is 17.5. The normalized spacial score (nSPS) is 11.5. The van der Waals surface area contributed by atoms with Crippen LogP contribution in [0.5, 0.6) is 0 Å². The topological polar surface area (TPSA) is 75.3 Å². The van der Waals surface area contributed by atoms with Crippen LogP contribution in [0.25, 0.3) is 0 Å². The monoisotopic (exact) mass is 477 g/mol. The summed E-state index contributed by atoms with van der Waals surface area (Å²) in [6.45, 7) is 12.3. The Morgan fingerprint density at radius 3 is 2.60 bits per heavy atom. The van der Waals surface area contributed by atoms with Crippen molar-refractivity contribution >= 4 is 41.3 Å². The standard InChI is InChI=1S/C17H27N5OS.HI/c1-6-18-17(20-9-15-21-12(4)13(5)23-15)19-8-7-14-10-24-16(22-14)11(2)3;/h10-11H,6-9H2,1-5H3,(H2,18,19,20);1H. The van der Waals surface area contributed by atoms with Crippen LogP contribution in [-0.4, -0.2) is 29.0 Å². The second kappa shape index (κ2) is 10.7. The van der Waals surface area contributed by atoms with Gasteiger partial charge in [-0.3, -0.25) is 0 Å². The molecule has 2 N–H and O–H groups in total. The van der Waals surface area contributed by atoms with Crippen molar-refractivity contribution in [1.29, 1.82) is 0 Å². The van der Waals surface area contributed by atoms with Gasteiger partial charge in [-0.05, 0) is 20.8 Å². The van der Waals surface area contributed by atoms with Gasteiger partial charge in [0, 0.05) is 30.8 Å². The number of rotatable bonds is 7. The molecule has 2 rings (SSSR count). The van der Waals surface area contributed by atoms with Gasteiger partial charge in [0.1, 0.15) is 12.3 Å². The largest absolute Gasteiger partial charge is 0.444 e. The molecule has 6 nitrogen and oxygen atoms in total. The van der Waals surface area contributed by atoms with E-state index in [1.165, 1.54) is 5.01 Å². The van der Waals surface area contributed by atoms with Crippen molar-refractivity contribution in [2.75, 3.05) is 13.1 Å². The minimum Gasteiger partial charge on any atom is -0.444 e. The lowest BCUT2D eigenvalue weighted by molar-refractivity contribution is 0.473. The van der Waals surface area contributed by atoms with Crippen molar-refractivity contribution in [2.24, 2.45) is 4.99 Å². The molecule has 0 aliphatic heterocycles. The number of aliphatic imine (C=N–C) groups is 1. The number of nitrogens with zero attached hydrogens (tertiary/aromatic N) is 3. The summed E-state index contributed by atoms with van der Waals surface area (Å²) in [5.74, 6) is 2.75. The van der Waals surface area contributed by atoms with Gasteiger partial charge in [0.2, 0.25) is 5.89 Å².